The van der Waals surface area contributed by atoms with Gasteiger partial charge in [-0.3, -0.25) is 0 Å². The third kappa shape index (κ3) is 3.94. The minimum Gasteiger partial charge on any atom is -0.327 e. The molecule has 0 radical (unpaired) electrons. The van der Waals surface area contributed by atoms with E-state index in [-0.39, 0.29) is 11.9 Å². The lowest BCUT2D eigenvalue weighted by Gasteiger charge is -2.12. The van der Waals surface area contributed by atoms with Crippen molar-refractivity contribution in [2.45, 2.75) is 39.4 Å². The van der Waals surface area contributed by atoms with Crippen LogP contribution in [0, 0.1) is 5.82 Å². The Kier molecular flexibility index (Phi) is 5.83. The molecule has 2 aromatic rings. The van der Waals surface area contributed by atoms with Crippen molar-refractivity contribution in [3.05, 3.63) is 29.6 Å². The Balaban J connectivity index is 2.25. The zero-order valence-corrected chi connectivity index (χ0v) is 13.7. The Morgan fingerprint density at radius 1 is 1.35 bits per heavy atom. The van der Waals surface area contributed by atoms with E-state index in [9.17, 15) is 4.39 Å². The van der Waals surface area contributed by atoms with Crippen LogP contribution < -0.4 is 5.73 Å². The van der Waals surface area contributed by atoms with Gasteiger partial charge in [0.15, 0.2) is 8.68 Å². The van der Waals surface area contributed by atoms with Crippen molar-refractivity contribution in [3.63, 3.8) is 0 Å². The van der Waals surface area contributed by atoms with Gasteiger partial charge in [-0.15, -0.1) is 10.2 Å². The SMILES string of the molecule is CCC(N)Cc1cccc(F)c1Sc1nnc(SC)s1. The topological polar surface area (TPSA) is 51.8 Å². The number of rotatable bonds is 6. The zero-order valence-electron chi connectivity index (χ0n) is 11.3. The Morgan fingerprint density at radius 2 is 2.10 bits per heavy atom. The molecule has 1 aromatic carbocycles. The quantitative estimate of drug-likeness (QED) is 0.816. The largest absolute Gasteiger partial charge is 0.327 e. The van der Waals surface area contributed by atoms with Crippen LogP contribution in [0.1, 0.15) is 18.9 Å². The molecule has 1 aromatic heterocycles. The van der Waals surface area contributed by atoms with Crippen LogP contribution in [0.15, 0.2) is 31.8 Å². The predicted octanol–water partition coefficient (Wildman–Crippen LogP) is 3.83. The number of hydrogen-bond donors (Lipinski definition) is 1. The highest BCUT2D eigenvalue weighted by molar-refractivity contribution is 8.03. The van der Waals surface area contributed by atoms with Crippen LogP contribution in [0.5, 0.6) is 0 Å². The number of aromatic nitrogens is 2. The summed E-state index contributed by atoms with van der Waals surface area (Å²) in [6.07, 6.45) is 3.49. The molecule has 7 heteroatoms. The molecule has 2 N–H and O–H groups in total. The molecule has 0 aliphatic heterocycles. The van der Waals surface area contributed by atoms with Crippen molar-refractivity contribution in [1.82, 2.24) is 10.2 Å². The first kappa shape index (κ1) is 15.8. The molecule has 20 heavy (non-hydrogen) atoms. The minimum absolute atomic E-state index is 0.0485. The summed E-state index contributed by atoms with van der Waals surface area (Å²) < 4.78 is 15.7. The van der Waals surface area contributed by atoms with Crippen LogP contribution in [0.2, 0.25) is 0 Å². The fraction of sp³-hybridized carbons (Fsp3) is 0.385. The molecule has 108 valence electrons. The van der Waals surface area contributed by atoms with Crippen LogP contribution in [0.3, 0.4) is 0 Å². The van der Waals surface area contributed by atoms with Gasteiger partial charge in [-0.1, -0.05) is 53.9 Å². The van der Waals surface area contributed by atoms with Gasteiger partial charge in [0.25, 0.3) is 0 Å². The Morgan fingerprint density at radius 3 is 2.75 bits per heavy atom. The number of hydrogen-bond acceptors (Lipinski definition) is 6. The smallest absolute Gasteiger partial charge is 0.179 e. The van der Waals surface area contributed by atoms with E-state index < -0.39 is 0 Å². The summed E-state index contributed by atoms with van der Waals surface area (Å²) in [6, 6.07) is 5.18. The summed E-state index contributed by atoms with van der Waals surface area (Å²) in [7, 11) is 0. The maximum Gasteiger partial charge on any atom is 0.179 e. The zero-order chi connectivity index (χ0) is 14.5. The maximum atomic E-state index is 14.1. The van der Waals surface area contributed by atoms with E-state index in [0.29, 0.717) is 11.3 Å². The lowest BCUT2D eigenvalue weighted by Crippen LogP contribution is -2.21. The normalized spacial score (nSPS) is 12.6. The van der Waals surface area contributed by atoms with Gasteiger partial charge in [0.1, 0.15) is 5.82 Å². The van der Waals surface area contributed by atoms with Gasteiger partial charge >= 0.3 is 0 Å². The third-order valence-electron chi connectivity index (χ3n) is 2.81. The van der Waals surface area contributed by atoms with Crippen molar-refractivity contribution >= 4 is 34.9 Å². The van der Waals surface area contributed by atoms with Gasteiger partial charge in [0, 0.05) is 6.04 Å². The van der Waals surface area contributed by atoms with E-state index in [1.807, 2.05) is 19.2 Å². The van der Waals surface area contributed by atoms with E-state index in [2.05, 4.69) is 10.2 Å². The summed E-state index contributed by atoms with van der Waals surface area (Å²) in [5.41, 5.74) is 6.92. The molecular formula is C13H16FN3S3. The average Bonchev–Trinajstić information content (AvgIpc) is 2.90. The van der Waals surface area contributed by atoms with E-state index in [1.54, 1.807) is 17.8 Å². The second-order valence-electron chi connectivity index (χ2n) is 4.24. The van der Waals surface area contributed by atoms with Crippen molar-refractivity contribution in [1.29, 1.82) is 0 Å². The van der Waals surface area contributed by atoms with E-state index >= 15 is 0 Å². The standard InChI is InChI=1S/C13H16FN3S3/c1-3-9(15)7-8-5-4-6-10(14)11(8)19-13-17-16-12(18-2)20-13/h4-6,9H,3,7,15H2,1-2H3. The van der Waals surface area contributed by atoms with Crippen LogP contribution in [-0.2, 0) is 6.42 Å². The molecule has 2 rings (SSSR count). The van der Waals surface area contributed by atoms with Gasteiger partial charge in [-0.2, -0.15) is 0 Å². The third-order valence-corrected chi connectivity index (χ3v) is 5.92. The second kappa shape index (κ2) is 7.40. The number of halogens is 1. The summed E-state index contributed by atoms with van der Waals surface area (Å²) in [5.74, 6) is -0.225. The van der Waals surface area contributed by atoms with Crippen LogP contribution in [-0.4, -0.2) is 22.5 Å². The first-order valence-corrected chi connectivity index (χ1v) is 9.08. The predicted molar refractivity (Wildman–Crippen MR) is 84.2 cm³/mol. The number of nitrogens with zero attached hydrogens (tertiary/aromatic N) is 2. The first-order valence-electron chi connectivity index (χ1n) is 6.22. The molecular weight excluding hydrogens is 313 g/mol. The molecule has 1 atom stereocenters. The van der Waals surface area contributed by atoms with Gasteiger partial charge < -0.3 is 5.73 Å². The molecule has 1 heterocycles. The Labute approximate surface area is 130 Å². The molecule has 0 saturated carbocycles. The molecule has 0 spiro atoms. The second-order valence-corrected chi connectivity index (χ2v) is 7.53. The molecule has 0 saturated heterocycles. The van der Waals surface area contributed by atoms with Gasteiger partial charge in [0.05, 0.1) is 4.90 Å². The van der Waals surface area contributed by atoms with Crippen molar-refractivity contribution < 1.29 is 4.39 Å². The monoisotopic (exact) mass is 329 g/mol. The van der Waals surface area contributed by atoms with Crippen molar-refractivity contribution in [2.24, 2.45) is 5.73 Å². The van der Waals surface area contributed by atoms with Crippen LogP contribution in [0.4, 0.5) is 4.39 Å². The van der Waals surface area contributed by atoms with Gasteiger partial charge in [0.2, 0.25) is 0 Å². The highest BCUT2D eigenvalue weighted by Crippen LogP contribution is 2.36. The molecule has 0 fully saturated rings. The van der Waals surface area contributed by atoms with Gasteiger partial charge in [-0.25, -0.2) is 4.39 Å². The molecule has 3 nitrogen and oxygen atoms in total. The summed E-state index contributed by atoms with van der Waals surface area (Å²) in [4.78, 5) is 0.611. The Bertz CT molecular complexity index is 574. The number of nitrogens with two attached hydrogens (primary N) is 1. The lowest BCUT2D eigenvalue weighted by atomic mass is 10.0. The van der Waals surface area contributed by atoms with E-state index in [1.165, 1.54) is 29.2 Å². The lowest BCUT2D eigenvalue weighted by molar-refractivity contribution is 0.585. The van der Waals surface area contributed by atoms with E-state index in [0.717, 1.165) is 20.7 Å². The highest BCUT2D eigenvalue weighted by atomic mass is 32.2. The number of benzene rings is 1. The van der Waals surface area contributed by atoms with Crippen molar-refractivity contribution in [2.75, 3.05) is 6.26 Å². The minimum atomic E-state index is -0.225. The number of thioether (sulfide) groups is 1. The molecule has 0 aliphatic rings. The highest BCUT2D eigenvalue weighted by Gasteiger charge is 2.15. The summed E-state index contributed by atoms with van der Waals surface area (Å²) in [6.45, 7) is 2.03. The molecule has 1 unspecified atom stereocenters. The fourth-order valence-electron chi connectivity index (χ4n) is 1.66. The van der Waals surface area contributed by atoms with Gasteiger partial charge in [-0.05, 0) is 30.7 Å². The summed E-state index contributed by atoms with van der Waals surface area (Å²) >= 11 is 4.35. The van der Waals surface area contributed by atoms with Crippen LogP contribution in [0.25, 0.3) is 0 Å². The maximum absolute atomic E-state index is 14.1. The average molecular weight is 329 g/mol. The van der Waals surface area contributed by atoms with Crippen molar-refractivity contribution in [3.8, 4) is 0 Å². The Hall–Kier alpha value is -0.630. The van der Waals surface area contributed by atoms with Crippen LogP contribution >= 0.6 is 34.9 Å². The molecule has 0 bridgehead atoms. The molecule has 0 aliphatic carbocycles. The fourth-order valence-corrected chi connectivity index (χ4v) is 4.18. The molecule has 0 amide bonds. The first-order chi connectivity index (χ1) is 9.63. The summed E-state index contributed by atoms with van der Waals surface area (Å²) in [5, 5.41) is 8.11. The van der Waals surface area contributed by atoms with E-state index in [4.69, 9.17) is 5.73 Å².